The SMILES string of the molecule is Cc1nc(N(C)C)sc1CNCC(O)c1ccc(Cl)s1. The average Bonchev–Trinajstić information content (AvgIpc) is 2.96. The molecule has 0 amide bonds. The van der Waals surface area contributed by atoms with Gasteiger partial charge in [-0.15, -0.1) is 22.7 Å². The van der Waals surface area contributed by atoms with Gasteiger partial charge in [0, 0.05) is 36.9 Å². The number of anilines is 1. The number of rotatable bonds is 6. The summed E-state index contributed by atoms with van der Waals surface area (Å²) in [5.41, 5.74) is 1.04. The van der Waals surface area contributed by atoms with Gasteiger partial charge in [0.25, 0.3) is 0 Å². The van der Waals surface area contributed by atoms with E-state index in [4.69, 9.17) is 11.6 Å². The first-order valence-electron chi connectivity index (χ1n) is 6.25. The molecule has 2 aromatic rings. The number of hydrogen-bond acceptors (Lipinski definition) is 6. The predicted molar refractivity (Wildman–Crippen MR) is 87.2 cm³/mol. The third-order valence-electron chi connectivity index (χ3n) is 2.81. The fourth-order valence-electron chi connectivity index (χ4n) is 1.70. The van der Waals surface area contributed by atoms with Crippen molar-refractivity contribution >= 4 is 39.4 Å². The molecule has 0 fully saturated rings. The highest BCUT2D eigenvalue weighted by Gasteiger charge is 2.12. The molecule has 1 unspecified atom stereocenters. The molecule has 0 saturated heterocycles. The molecule has 1 atom stereocenters. The van der Waals surface area contributed by atoms with Crippen molar-refractivity contribution in [1.29, 1.82) is 0 Å². The van der Waals surface area contributed by atoms with Gasteiger partial charge in [-0.3, -0.25) is 0 Å². The van der Waals surface area contributed by atoms with E-state index in [0.29, 0.717) is 17.4 Å². The zero-order chi connectivity index (χ0) is 14.7. The molecule has 0 spiro atoms. The van der Waals surface area contributed by atoms with Gasteiger partial charge in [0.05, 0.1) is 10.0 Å². The standard InChI is InChI=1S/C13H18ClN3OS2/c1-8-11(20-13(16-8)17(2)3)7-15-6-9(18)10-4-5-12(14)19-10/h4-5,9,15,18H,6-7H2,1-3H3. The number of nitrogens with zero attached hydrogens (tertiary/aromatic N) is 2. The zero-order valence-electron chi connectivity index (χ0n) is 11.7. The predicted octanol–water partition coefficient (Wildman–Crippen LogP) is 3.06. The summed E-state index contributed by atoms with van der Waals surface area (Å²) < 4.78 is 0.702. The van der Waals surface area contributed by atoms with E-state index in [1.54, 1.807) is 11.3 Å². The number of nitrogens with one attached hydrogen (secondary N) is 1. The molecule has 0 bridgehead atoms. The lowest BCUT2D eigenvalue weighted by molar-refractivity contribution is 0.178. The average molecular weight is 332 g/mol. The number of aryl methyl sites for hydroxylation is 1. The van der Waals surface area contributed by atoms with Crippen LogP contribution in [0.1, 0.15) is 21.6 Å². The maximum atomic E-state index is 10.0. The van der Waals surface area contributed by atoms with Crippen molar-refractivity contribution < 1.29 is 5.11 Å². The summed E-state index contributed by atoms with van der Waals surface area (Å²) in [4.78, 5) is 8.59. The van der Waals surface area contributed by atoms with E-state index in [9.17, 15) is 5.11 Å². The Labute approximate surface area is 132 Å². The minimum Gasteiger partial charge on any atom is -0.386 e. The van der Waals surface area contributed by atoms with E-state index in [2.05, 4.69) is 10.3 Å². The first kappa shape index (κ1) is 15.7. The molecular formula is C13H18ClN3OS2. The molecule has 2 heterocycles. The topological polar surface area (TPSA) is 48.4 Å². The Morgan fingerprint density at radius 2 is 2.15 bits per heavy atom. The smallest absolute Gasteiger partial charge is 0.185 e. The van der Waals surface area contributed by atoms with Gasteiger partial charge in [0.15, 0.2) is 5.13 Å². The van der Waals surface area contributed by atoms with Crippen LogP contribution >= 0.6 is 34.3 Å². The van der Waals surface area contributed by atoms with Crippen LogP contribution in [0, 0.1) is 6.92 Å². The summed E-state index contributed by atoms with van der Waals surface area (Å²) in [6, 6.07) is 3.67. The third kappa shape index (κ3) is 3.93. The van der Waals surface area contributed by atoms with E-state index in [1.807, 2.05) is 38.1 Å². The quantitative estimate of drug-likeness (QED) is 0.854. The first-order valence-corrected chi connectivity index (χ1v) is 8.26. The molecule has 0 aliphatic rings. The normalized spacial score (nSPS) is 12.7. The fourth-order valence-corrected chi connectivity index (χ4v) is 3.70. The number of aromatic nitrogens is 1. The van der Waals surface area contributed by atoms with E-state index in [-0.39, 0.29) is 0 Å². The van der Waals surface area contributed by atoms with Gasteiger partial charge in [-0.25, -0.2) is 4.98 Å². The molecule has 7 heteroatoms. The van der Waals surface area contributed by atoms with Gasteiger partial charge in [0.2, 0.25) is 0 Å². The largest absolute Gasteiger partial charge is 0.386 e. The van der Waals surface area contributed by atoms with Crippen LogP contribution in [0.4, 0.5) is 5.13 Å². The minimum absolute atomic E-state index is 0.505. The number of halogens is 1. The molecule has 20 heavy (non-hydrogen) atoms. The number of aliphatic hydroxyl groups excluding tert-OH is 1. The lowest BCUT2D eigenvalue weighted by Crippen LogP contribution is -2.20. The number of thiophene rings is 1. The molecular weight excluding hydrogens is 314 g/mol. The van der Waals surface area contributed by atoms with E-state index < -0.39 is 6.10 Å². The number of hydrogen-bond donors (Lipinski definition) is 2. The molecule has 110 valence electrons. The summed E-state index contributed by atoms with van der Waals surface area (Å²) in [5, 5.41) is 14.3. The van der Waals surface area contributed by atoms with Crippen LogP contribution in [0.3, 0.4) is 0 Å². The Bertz CT molecular complexity index is 568. The molecule has 0 aliphatic carbocycles. The summed E-state index contributed by atoms with van der Waals surface area (Å²) in [6.07, 6.45) is -0.519. The van der Waals surface area contributed by atoms with Crippen LogP contribution in [0.25, 0.3) is 0 Å². The van der Waals surface area contributed by atoms with E-state index in [0.717, 1.165) is 15.7 Å². The van der Waals surface area contributed by atoms with Crippen LogP contribution in [-0.2, 0) is 6.54 Å². The molecule has 0 aliphatic heterocycles. The van der Waals surface area contributed by atoms with Gasteiger partial charge >= 0.3 is 0 Å². The Kier molecular flexibility index (Phi) is 5.40. The Morgan fingerprint density at radius 1 is 1.40 bits per heavy atom. The van der Waals surface area contributed by atoms with Crippen molar-refractivity contribution in [1.82, 2.24) is 10.3 Å². The maximum Gasteiger partial charge on any atom is 0.185 e. The van der Waals surface area contributed by atoms with Crippen molar-refractivity contribution in [2.24, 2.45) is 0 Å². The first-order chi connectivity index (χ1) is 9.47. The Balaban J connectivity index is 1.86. The van der Waals surface area contributed by atoms with Crippen molar-refractivity contribution in [3.63, 3.8) is 0 Å². The van der Waals surface area contributed by atoms with E-state index in [1.165, 1.54) is 16.2 Å². The summed E-state index contributed by atoms with van der Waals surface area (Å²) >= 11 is 8.95. The van der Waals surface area contributed by atoms with Crippen molar-refractivity contribution in [2.45, 2.75) is 19.6 Å². The second-order valence-corrected chi connectivity index (χ2v) is 7.50. The molecule has 2 aromatic heterocycles. The van der Waals surface area contributed by atoms with Crippen LogP contribution in [0.5, 0.6) is 0 Å². The highest BCUT2D eigenvalue weighted by Crippen LogP contribution is 2.27. The maximum absolute atomic E-state index is 10.0. The fraction of sp³-hybridized carbons (Fsp3) is 0.462. The van der Waals surface area contributed by atoms with Crippen LogP contribution < -0.4 is 10.2 Å². The molecule has 0 saturated carbocycles. The summed E-state index contributed by atoms with van der Waals surface area (Å²) in [5.74, 6) is 0. The molecule has 0 radical (unpaired) electrons. The van der Waals surface area contributed by atoms with Gasteiger partial charge in [-0.1, -0.05) is 11.6 Å². The van der Waals surface area contributed by atoms with Crippen molar-refractivity contribution in [2.75, 3.05) is 25.5 Å². The van der Waals surface area contributed by atoms with Gasteiger partial charge in [-0.05, 0) is 19.1 Å². The Hall–Kier alpha value is -0.660. The van der Waals surface area contributed by atoms with Crippen molar-refractivity contribution in [3.8, 4) is 0 Å². The van der Waals surface area contributed by atoms with E-state index >= 15 is 0 Å². The third-order valence-corrected chi connectivity index (χ3v) is 5.47. The number of thiazole rings is 1. The van der Waals surface area contributed by atoms with Gasteiger partial charge in [-0.2, -0.15) is 0 Å². The van der Waals surface area contributed by atoms with Gasteiger partial charge < -0.3 is 15.3 Å². The van der Waals surface area contributed by atoms with Gasteiger partial charge in [0.1, 0.15) is 6.10 Å². The highest BCUT2D eigenvalue weighted by molar-refractivity contribution is 7.16. The van der Waals surface area contributed by atoms with Crippen LogP contribution in [-0.4, -0.2) is 30.7 Å². The second-order valence-electron chi connectivity index (χ2n) is 4.69. The molecule has 2 N–H and O–H groups in total. The minimum atomic E-state index is -0.519. The highest BCUT2D eigenvalue weighted by atomic mass is 35.5. The summed E-state index contributed by atoms with van der Waals surface area (Å²) in [7, 11) is 3.97. The molecule has 4 nitrogen and oxygen atoms in total. The molecule has 2 rings (SSSR count). The van der Waals surface area contributed by atoms with Crippen LogP contribution in [0.2, 0.25) is 4.34 Å². The lowest BCUT2D eigenvalue weighted by atomic mass is 10.3. The zero-order valence-corrected chi connectivity index (χ0v) is 14.1. The lowest BCUT2D eigenvalue weighted by Gasteiger charge is -2.09. The Morgan fingerprint density at radius 3 is 2.70 bits per heavy atom. The van der Waals surface area contributed by atoms with Crippen LogP contribution in [0.15, 0.2) is 12.1 Å². The monoisotopic (exact) mass is 331 g/mol. The van der Waals surface area contributed by atoms with Crippen molar-refractivity contribution in [3.05, 3.63) is 31.9 Å². The summed E-state index contributed by atoms with van der Waals surface area (Å²) in [6.45, 7) is 3.23. The second kappa shape index (κ2) is 6.87. The molecule has 0 aromatic carbocycles. The number of aliphatic hydroxyl groups is 1.